The highest BCUT2D eigenvalue weighted by atomic mass is 14.9. The van der Waals surface area contributed by atoms with Gasteiger partial charge in [-0.05, 0) is 79.7 Å². The molecule has 0 amide bonds. The fraction of sp³-hybridized carbons (Fsp3) is 0.778. The highest BCUT2D eigenvalue weighted by Gasteiger charge is 2.51. The van der Waals surface area contributed by atoms with Gasteiger partial charge in [-0.2, -0.15) is 0 Å². The van der Waals surface area contributed by atoms with Gasteiger partial charge in [0.25, 0.3) is 0 Å². The molecular weight excluding hydrogens is 244 g/mol. The van der Waals surface area contributed by atoms with Crippen molar-refractivity contribution in [1.29, 1.82) is 0 Å². The first-order valence-electron chi connectivity index (χ1n) is 8.66. The Balaban J connectivity index is 1.42. The Kier molecular flexibility index (Phi) is 2.45. The van der Waals surface area contributed by atoms with Gasteiger partial charge in [-0.25, -0.2) is 0 Å². The summed E-state index contributed by atoms with van der Waals surface area (Å²) in [6.07, 6.45) is 12.9. The number of rotatable bonds is 2. The summed E-state index contributed by atoms with van der Waals surface area (Å²) in [5, 5.41) is 3.64. The van der Waals surface area contributed by atoms with Crippen molar-refractivity contribution in [2.75, 3.05) is 6.54 Å². The molecule has 4 fully saturated rings. The predicted octanol–water partition coefficient (Wildman–Crippen LogP) is 3.81. The fourth-order valence-corrected chi connectivity index (χ4v) is 6.67. The second-order valence-electron chi connectivity index (χ2n) is 8.37. The van der Waals surface area contributed by atoms with Gasteiger partial charge in [-0.15, -0.1) is 0 Å². The van der Waals surface area contributed by atoms with Crippen LogP contribution in [0.15, 0.2) is 12.3 Å². The molecule has 4 aliphatic carbocycles. The standard InChI is InChI=1S/C18H26N2/c1-2-20-17-15(1)10-19-11-16(17)9-18-6-12-3-13(7-18)5-14(4-12)8-18/h1-2,12-14,16,19-20H,3-11H2. The van der Waals surface area contributed by atoms with E-state index in [-0.39, 0.29) is 0 Å². The lowest BCUT2D eigenvalue weighted by Crippen LogP contribution is -2.47. The van der Waals surface area contributed by atoms with Crippen LogP contribution in [0.5, 0.6) is 0 Å². The molecule has 2 heteroatoms. The lowest BCUT2D eigenvalue weighted by atomic mass is 9.48. The summed E-state index contributed by atoms with van der Waals surface area (Å²) in [6.45, 7) is 2.26. The molecule has 4 bridgehead atoms. The first kappa shape index (κ1) is 11.9. The molecule has 20 heavy (non-hydrogen) atoms. The summed E-state index contributed by atoms with van der Waals surface area (Å²) in [7, 11) is 0. The molecule has 0 spiro atoms. The molecule has 5 aliphatic rings. The lowest BCUT2D eigenvalue weighted by molar-refractivity contribution is -0.0611. The third kappa shape index (κ3) is 1.73. The van der Waals surface area contributed by atoms with Crippen molar-refractivity contribution in [3.05, 3.63) is 23.5 Å². The maximum Gasteiger partial charge on any atom is 0.0237 e. The van der Waals surface area contributed by atoms with E-state index in [1.165, 1.54) is 18.5 Å². The van der Waals surface area contributed by atoms with Crippen molar-refractivity contribution in [1.82, 2.24) is 10.3 Å². The Morgan fingerprint density at radius 1 is 1.05 bits per heavy atom. The molecule has 1 aromatic rings. The normalized spacial score (nSPS) is 45.6. The first-order valence-corrected chi connectivity index (χ1v) is 8.66. The van der Waals surface area contributed by atoms with Gasteiger partial charge >= 0.3 is 0 Å². The van der Waals surface area contributed by atoms with Gasteiger partial charge in [0.15, 0.2) is 0 Å². The van der Waals surface area contributed by atoms with Gasteiger partial charge in [0.1, 0.15) is 0 Å². The minimum Gasteiger partial charge on any atom is -0.364 e. The van der Waals surface area contributed by atoms with E-state index >= 15 is 0 Å². The maximum atomic E-state index is 3.64. The second-order valence-corrected chi connectivity index (χ2v) is 8.37. The molecular formula is C18H26N2. The van der Waals surface area contributed by atoms with Crippen LogP contribution in [-0.4, -0.2) is 11.5 Å². The maximum absolute atomic E-state index is 3.64. The summed E-state index contributed by atoms with van der Waals surface area (Å²) in [4.78, 5) is 3.55. The molecule has 2 heterocycles. The van der Waals surface area contributed by atoms with Crippen molar-refractivity contribution in [3.8, 4) is 0 Å². The van der Waals surface area contributed by atoms with Gasteiger partial charge in [-0.3, -0.25) is 0 Å². The zero-order valence-corrected chi connectivity index (χ0v) is 12.3. The molecule has 0 aromatic carbocycles. The molecule has 2 nitrogen and oxygen atoms in total. The van der Waals surface area contributed by atoms with Crippen LogP contribution in [0, 0.1) is 23.2 Å². The first-order chi connectivity index (χ1) is 9.80. The van der Waals surface area contributed by atoms with Gasteiger partial charge < -0.3 is 10.3 Å². The van der Waals surface area contributed by atoms with Crippen LogP contribution in [0.1, 0.15) is 62.1 Å². The molecule has 2 N–H and O–H groups in total. The number of hydrogen-bond donors (Lipinski definition) is 2. The summed E-state index contributed by atoms with van der Waals surface area (Å²) in [5.74, 6) is 3.99. The molecule has 0 saturated heterocycles. The quantitative estimate of drug-likeness (QED) is 0.840. The molecule has 4 saturated carbocycles. The third-order valence-corrected chi connectivity index (χ3v) is 6.83. The highest BCUT2D eigenvalue weighted by molar-refractivity contribution is 5.27. The van der Waals surface area contributed by atoms with E-state index < -0.39 is 0 Å². The summed E-state index contributed by atoms with van der Waals surface area (Å²) >= 11 is 0. The van der Waals surface area contributed by atoms with Crippen LogP contribution in [0.3, 0.4) is 0 Å². The smallest absolute Gasteiger partial charge is 0.0237 e. The van der Waals surface area contributed by atoms with Crippen molar-refractivity contribution < 1.29 is 0 Å². The van der Waals surface area contributed by atoms with E-state index in [2.05, 4.69) is 22.6 Å². The monoisotopic (exact) mass is 270 g/mol. The minimum absolute atomic E-state index is 0.709. The molecule has 1 unspecified atom stereocenters. The van der Waals surface area contributed by atoms with Gasteiger partial charge in [0, 0.05) is 30.9 Å². The molecule has 108 valence electrons. The Hall–Kier alpha value is -0.760. The second kappa shape index (κ2) is 4.13. The van der Waals surface area contributed by atoms with Crippen molar-refractivity contribution >= 4 is 0 Å². The van der Waals surface area contributed by atoms with Crippen LogP contribution in [0.25, 0.3) is 0 Å². The van der Waals surface area contributed by atoms with Crippen molar-refractivity contribution in [2.45, 2.75) is 57.4 Å². The molecule has 1 atom stereocenters. The predicted molar refractivity (Wildman–Crippen MR) is 80.5 cm³/mol. The molecule has 1 aliphatic heterocycles. The van der Waals surface area contributed by atoms with Gasteiger partial charge in [0.05, 0.1) is 0 Å². The summed E-state index contributed by atoms with van der Waals surface area (Å²) in [6, 6.07) is 2.27. The number of hydrogen-bond acceptors (Lipinski definition) is 1. The van der Waals surface area contributed by atoms with Crippen LogP contribution in [0.2, 0.25) is 0 Å². The molecule has 0 radical (unpaired) electrons. The van der Waals surface area contributed by atoms with E-state index in [4.69, 9.17) is 0 Å². The van der Waals surface area contributed by atoms with E-state index in [1.807, 2.05) is 0 Å². The van der Waals surface area contributed by atoms with Crippen LogP contribution < -0.4 is 5.32 Å². The SMILES string of the molecule is c1cc2c([nH]1)C(CC13CC4CC(CC(C4)C1)C3)CNC2. The number of fused-ring (bicyclic) bond motifs is 1. The largest absolute Gasteiger partial charge is 0.364 e. The third-order valence-electron chi connectivity index (χ3n) is 6.83. The Bertz CT molecular complexity index is 480. The minimum atomic E-state index is 0.709. The average molecular weight is 270 g/mol. The van der Waals surface area contributed by atoms with Crippen molar-refractivity contribution in [2.24, 2.45) is 23.2 Å². The van der Waals surface area contributed by atoms with Crippen LogP contribution in [0.4, 0.5) is 0 Å². The highest BCUT2D eigenvalue weighted by Crippen LogP contribution is 2.62. The Morgan fingerprint density at radius 3 is 2.45 bits per heavy atom. The topological polar surface area (TPSA) is 27.8 Å². The zero-order valence-electron chi connectivity index (χ0n) is 12.3. The Morgan fingerprint density at radius 2 is 1.75 bits per heavy atom. The van der Waals surface area contributed by atoms with Crippen LogP contribution in [-0.2, 0) is 6.54 Å². The zero-order chi connectivity index (χ0) is 13.2. The lowest BCUT2D eigenvalue weighted by Gasteiger charge is -2.58. The fourth-order valence-electron chi connectivity index (χ4n) is 6.67. The van der Waals surface area contributed by atoms with Crippen molar-refractivity contribution in [3.63, 3.8) is 0 Å². The van der Waals surface area contributed by atoms with Crippen LogP contribution >= 0.6 is 0 Å². The average Bonchev–Trinajstić information content (AvgIpc) is 2.86. The van der Waals surface area contributed by atoms with E-state index in [9.17, 15) is 0 Å². The summed E-state index contributed by atoms with van der Waals surface area (Å²) in [5.41, 5.74) is 3.78. The van der Waals surface area contributed by atoms with E-state index in [0.29, 0.717) is 5.41 Å². The molecule has 1 aromatic heterocycles. The van der Waals surface area contributed by atoms with Gasteiger partial charge in [0.2, 0.25) is 0 Å². The Labute approximate surface area is 121 Å². The van der Waals surface area contributed by atoms with Gasteiger partial charge in [-0.1, -0.05) is 0 Å². The summed E-state index contributed by atoms with van der Waals surface area (Å²) < 4.78 is 0. The number of H-pyrrole nitrogens is 1. The van der Waals surface area contributed by atoms with E-state index in [1.54, 1.807) is 44.2 Å². The number of aromatic nitrogens is 1. The number of aromatic amines is 1. The molecule has 6 rings (SSSR count). The number of nitrogens with one attached hydrogen (secondary N) is 2. The van der Waals surface area contributed by atoms with E-state index in [0.717, 1.165) is 30.2 Å².